The standard InChI is InChI=1S/C22H27F3N2O4.C9H15F2NS.C2H2.2CH2O/c1-5-7-15-10-16(19(31-22(23,24)25)12-17(15)13(3)26)11-18(21(29)30-4)27-9-8-14(6-2)20(27)28;1-3-8(2)13-7-12-5-4-9(10,11)6-12;3*1-2/h5,7,10,12,14,18H,3,6,8-9,11,26H2,1-2,4H3;3H,4-7H2,1-2H3;1-2H;2*1H2/b7-5-;8-3-;;;. The molecule has 2 heterocycles. The summed E-state index contributed by atoms with van der Waals surface area (Å²) >= 11 is 1.63. The molecule has 15 heteroatoms. The summed E-state index contributed by atoms with van der Waals surface area (Å²) in [5.41, 5.74) is 6.71. The van der Waals surface area contributed by atoms with Gasteiger partial charge in [-0.3, -0.25) is 9.69 Å². The topological polar surface area (TPSA) is 119 Å². The first-order valence-electron chi connectivity index (χ1n) is 15.2. The average Bonchev–Trinajstić information content (AvgIpc) is 3.65. The first-order valence-corrected chi connectivity index (χ1v) is 16.2. The molecule has 2 fully saturated rings. The minimum Gasteiger partial charge on any atom is -0.467 e. The number of carbonyl (C=O) groups excluding carboxylic acids is 4. The second-order valence-corrected chi connectivity index (χ2v) is 11.8. The van der Waals surface area contributed by atoms with Crippen LogP contribution in [0, 0.1) is 18.8 Å². The minimum absolute atomic E-state index is 0.0163. The fourth-order valence-electron chi connectivity index (χ4n) is 4.93. The molecule has 3 rings (SSSR count). The van der Waals surface area contributed by atoms with Crippen LogP contribution in [0.15, 0.2) is 35.8 Å². The third-order valence-electron chi connectivity index (χ3n) is 7.39. The summed E-state index contributed by atoms with van der Waals surface area (Å²) in [5, 5.41) is 0. The van der Waals surface area contributed by atoms with E-state index in [0.29, 0.717) is 37.4 Å². The predicted octanol–water partition coefficient (Wildman–Crippen LogP) is 6.71. The Labute approximate surface area is 296 Å². The number of hydrogen-bond acceptors (Lipinski definition) is 9. The van der Waals surface area contributed by atoms with Gasteiger partial charge >= 0.3 is 12.3 Å². The number of halogens is 5. The van der Waals surface area contributed by atoms with Crippen LogP contribution in [0.3, 0.4) is 0 Å². The fourth-order valence-corrected chi connectivity index (χ4v) is 5.70. The Bertz CT molecular complexity index is 1320. The molecule has 0 radical (unpaired) electrons. The predicted molar refractivity (Wildman–Crippen MR) is 188 cm³/mol. The number of rotatable bonds is 11. The molecule has 0 aliphatic carbocycles. The monoisotopic (exact) mass is 733 g/mol. The summed E-state index contributed by atoms with van der Waals surface area (Å²) in [4.78, 5) is 45.6. The van der Waals surface area contributed by atoms with Crippen LogP contribution < -0.4 is 10.5 Å². The van der Waals surface area contributed by atoms with Gasteiger partial charge in [0.2, 0.25) is 5.91 Å². The molecule has 0 saturated carbocycles. The number of alkyl halides is 5. The number of hydrogen-bond donors (Lipinski definition) is 1. The first kappa shape index (κ1) is 48.0. The van der Waals surface area contributed by atoms with Gasteiger partial charge in [-0.05, 0) is 61.8 Å². The number of methoxy groups -OCH3 is 1. The lowest BCUT2D eigenvalue weighted by molar-refractivity contribution is -0.275. The number of thioether (sulfide) groups is 1. The van der Waals surface area contributed by atoms with Crippen molar-refractivity contribution in [3.8, 4) is 18.6 Å². The number of benzene rings is 1. The van der Waals surface area contributed by atoms with Crippen molar-refractivity contribution in [3.63, 3.8) is 0 Å². The van der Waals surface area contributed by atoms with Gasteiger partial charge < -0.3 is 29.7 Å². The number of ether oxygens (including phenoxy) is 2. The molecule has 1 aromatic carbocycles. The van der Waals surface area contributed by atoms with E-state index in [-0.39, 0.29) is 48.0 Å². The second kappa shape index (κ2) is 24.1. The molecule has 1 amide bonds. The van der Waals surface area contributed by atoms with Crippen molar-refractivity contribution in [1.82, 2.24) is 9.80 Å². The number of allylic oxidation sites excluding steroid dienone is 3. The number of nitrogens with two attached hydrogens (primary N) is 1. The lowest BCUT2D eigenvalue weighted by Crippen LogP contribution is -2.45. The average molecular weight is 734 g/mol. The van der Waals surface area contributed by atoms with Gasteiger partial charge in [0.15, 0.2) is 0 Å². The molecule has 0 aromatic heterocycles. The zero-order valence-corrected chi connectivity index (χ0v) is 30.0. The number of esters is 1. The summed E-state index contributed by atoms with van der Waals surface area (Å²) in [6, 6.07) is 1.53. The Morgan fingerprint density at radius 2 is 1.78 bits per heavy atom. The van der Waals surface area contributed by atoms with E-state index in [9.17, 15) is 31.5 Å². The number of likely N-dealkylation sites (tertiary alicyclic amines) is 2. The van der Waals surface area contributed by atoms with Gasteiger partial charge in [0.1, 0.15) is 25.4 Å². The third kappa shape index (κ3) is 16.0. The lowest BCUT2D eigenvalue weighted by atomic mass is 9.96. The molecule has 2 aliphatic rings. The van der Waals surface area contributed by atoms with Gasteiger partial charge in [-0.25, -0.2) is 13.6 Å². The Hall–Kier alpha value is -4.16. The van der Waals surface area contributed by atoms with Crippen molar-refractivity contribution in [2.75, 3.05) is 32.6 Å². The fraction of sp³-hybridized carbons (Fsp3) is 0.486. The van der Waals surface area contributed by atoms with Crippen molar-refractivity contribution in [3.05, 3.63) is 52.5 Å². The Morgan fingerprint density at radius 3 is 2.20 bits per heavy atom. The van der Waals surface area contributed by atoms with Crippen LogP contribution in [-0.4, -0.2) is 86.2 Å². The molecular formula is C35H48F5N3O6S. The van der Waals surface area contributed by atoms with Gasteiger partial charge in [0.05, 0.1) is 13.7 Å². The number of amides is 1. The van der Waals surface area contributed by atoms with Crippen molar-refractivity contribution >= 4 is 49.0 Å². The van der Waals surface area contributed by atoms with E-state index in [1.165, 1.54) is 23.0 Å². The molecule has 0 bridgehead atoms. The summed E-state index contributed by atoms with van der Waals surface area (Å²) < 4.78 is 73.8. The number of carbonyl (C=O) groups is 4. The molecule has 2 N–H and O–H groups in total. The van der Waals surface area contributed by atoms with Crippen LogP contribution in [0.1, 0.15) is 63.6 Å². The maximum atomic E-state index is 13.1. The van der Waals surface area contributed by atoms with Gasteiger partial charge in [0, 0.05) is 49.0 Å². The van der Waals surface area contributed by atoms with Crippen molar-refractivity contribution in [1.29, 1.82) is 0 Å². The van der Waals surface area contributed by atoms with Gasteiger partial charge in [-0.2, -0.15) is 0 Å². The smallest absolute Gasteiger partial charge is 0.467 e. The van der Waals surface area contributed by atoms with Crippen LogP contribution in [-0.2, 0) is 30.3 Å². The van der Waals surface area contributed by atoms with Crippen LogP contribution in [0.4, 0.5) is 22.0 Å². The molecule has 280 valence electrons. The minimum atomic E-state index is -4.96. The molecule has 2 atom stereocenters. The molecule has 2 saturated heterocycles. The normalized spacial score (nSPS) is 17.4. The highest BCUT2D eigenvalue weighted by Crippen LogP contribution is 2.34. The lowest BCUT2D eigenvalue weighted by Gasteiger charge is -2.27. The van der Waals surface area contributed by atoms with E-state index in [1.807, 2.05) is 40.4 Å². The van der Waals surface area contributed by atoms with Crippen LogP contribution in [0.25, 0.3) is 11.8 Å². The highest BCUT2D eigenvalue weighted by molar-refractivity contribution is 8.02. The van der Waals surface area contributed by atoms with Crippen LogP contribution >= 0.6 is 11.8 Å². The van der Waals surface area contributed by atoms with E-state index in [4.69, 9.17) is 20.1 Å². The van der Waals surface area contributed by atoms with E-state index < -0.39 is 30.0 Å². The van der Waals surface area contributed by atoms with Gasteiger partial charge in [-0.15, -0.1) is 37.8 Å². The van der Waals surface area contributed by atoms with Gasteiger partial charge in [-0.1, -0.05) is 31.7 Å². The third-order valence-corrected chi connectivity index (χ3v) is 8.57. The van der Waals surface area contributed by atoms with Gasteiger partial charge in [0.25, 0.3) is 5.92 Å². The summed E-state index contributed by atoms with van der Waals surface area (Å²) in [7, 11) is 1.17. The number of terminal acetylenes is 1. The van der Waals surface area contributed by atoms with E-state index in [1.54, 1.807) is 35.7 Å². The van der Waals surface area contributed by atoms with Crippen LogP contribution in [0.5, 0.6) is 5.75 Å². The van der Waals surface area contributed by atoms with Crippen molar-refractivity contribution in [2.24, 2.45) is 11.7 Å². The van der Waals surface area contributed by atoms with E-state index in [0.717, 1.165) is 6.07 Å². The van der Waals surface area contributed by atoms with Crippen molar-refractivity contribution in [2.45, 2.75) is 71.7 Å². The molecule has 50 heavy (non-hydrogen) atoms. The SMILES string of the molecule is C#C.C/C=C(/C)SCN1CCC(F)(F)C1.C=C(N)c1cc(OC(F)(F)F)c(CC(C(=O)OC)N2CCC(CC)C2=O)cc1/C=C\C.C=O.C=O. The second-order valence-electron chi connectivity index (χ2n) is 10.6. The van der Waals surface area contributed by atoms with Crippen LogP contribution in [0.2, 0.25) is 0 Å². The summed E-state index contributed by atoms with van der Waals surface area (Å²) in [6.45, 7) is 16.0. The molecule has 9 nitrogen and oxygen atoms in total. The van der Waals surface area contributed by atoms with E-state index in [2.05, 4.69) is 24.2 Å². The van der Waals surface area contributed by atoms with Crippen molar-refractivity contribution < 1.29 is 50.6 Å². The Morgan fingerprint density at radius 1 is 1.18 bits per heavy atom. The molecular weight excluding hydrogens is 685 g/mol. The molecule has 1 aromatic rings. The largest absolute Gasteiger partial charge is 0.573 e. The Balaban J connectivity index is 0. The maximum absolute atomic E-state index is 13.1. The zero-order valence-electron chi connectivity index (χ0n) is 29.2. The Kier molecular flexibility index (Phi) is 23.1. The first-order chi connectivity index (χ1) is 23.5. The highest BCUT2D eigenvalue weighted by atomic mass is 32.2. The highest BCUT2D eigenvalue weighted by Gasteiger charge is 2.40. The zero-order chi connectivity index (χ0) is 39.2. The maximum Gasteiger partial charge on any atom is 0.573 e. The quantitative estimate of drug-likeness (QED) is 0.150. The van der Waals surface area contributed by atoms with E-state index >= 15 is 0 Å². The molecule has 2 aliphatic heterocycles. The summed E-state index contributed by atoms with van der Waals surface area (Å²) in [5.74, 6) is -3.41. The molecule has 2 unspecified atom stereocenters. The summed E-state index contributed by atoms with van der Waals surface area (Å²) in [6.07, 6.45) is 9.40. The number of nitrogens with zero attached hydrogens (tertiary/aromatic N) is 2. The molecule has 0 spiro atoms.